The molecule has 1 heterocycles. The molecule has 1 rings (SSSR count). The minimum atomic E-state index is -1.43. The molecule has 1 aliphatic heterocycles. The fourth-order valence-electron chi connectivity index (χ4n) is 3.14. The van der Waals surface area contributed by atoms with Crippen molar-refractivity contribution in [1.29, 1.82) is 0 Å². The molecule has 1 fully saturated rings. The van der Waals surface area contributed by atoms with Gasteiger partial charge in [-0.15, -0.1) is 0 Å². The van der Waals surface area contributed by atoms with E-state index in [-0.39, 0.29) is 24.7 Å². The first kappa shape index (κ1) is 26.3. The van der Waals surface area contributed by atoms with Crippen molar-refractivity contribution in [3.63, 3.8) is 0 Å². The summed E-state index contributed by atoms with van der Waals surface area (Å²) in [6.45, 7) is 3.54. The van der Waals surface area contributed by atoms with Gasteiger partial charge in [-0.1, -0.05) is 20.3 Å². The zero-order chi connectivity index (χ0) is 23.6. The predicted octanol–water partition coefficient (Wildman–Crippen LogP) is -2.42. The summed E-state index contributed by atoms with van der Waals surface area (Å²) in [6, 6.07) is -4.18. The zero-order valence-corrected chi connectivity index (χ0v) is 17.8. The minimum Gasteiger partial charge on any atom is -0.480 e. The summed E-state index contributed by atoms with van der Waals surface area (Å²) in [5, 5.41) is 29.0. The molecule has 0 saturated carbocycles. The van der Waals surface area contributed by atoms with Gasteiger partial charge in [0.25, 0.3) is 0 Å². The van der Waals surface area contributed by atoms with Crippen LogP contribution in [0.15, 0.2) is 0 Å². The van der Waals surface area contributed by atoms with Gasteiger partial charge in [0.15, 0.2) is 0 Å². The van der Waals surface area contributed by atoms with Gasteiger partial charge in [0.2, 0.25) is 23.6 Å². The van der Waals surface area contributed by atoms with Crippen LogP contribution in [0, 0.1) is 5.92 Å². The number of rotatable bonds is 13. The van der Waals surface area contributed by atoms with E-state index in [9.17, 15) is 34.2 Å². The van der Waals surface area contributed by atoms with Crippen LogP contribution in [0.25, 0.3) is 0 Å². The molecule has 5 unspecified atom stereocenters. The van der Waals surface area contributed by atoms with E-state index in [2.05, 4.69) is 21.3 Å². The number of aliphatic carboxylic acids is 1. The largest absolute Gasteiger partial charge is 0.480 e. The summed E-state index contributed by atoms with van der Waals surface area (Å²) < 4.78 is 0. The van der Waals surface area contributed by atoms with E-state index in [1.165, 1.54) is 0 Å². The Morgan fingerprint density at radius 1 is 1.10 bits per heavy atom. The number of primary amides is 1. The highest BCUT2D eigenvalue weighted by Crippen LogP contribution is 2.11. The first-order valence-electron chi connectivity index (χ1n) is 10.4. The lowest BCUT2D eigenvalue weighted by Crippen LogP contribution is -2.59. The Balaban J connectivity index is 2.80. The first-order valence-corrected chi connectivity index (χ1v) is 10.4. The summed E-state index contributed by atoms with van der Waals surface area (Å²) in [4.78, 5) is 59.8. The van der Waals surface area contributed by atoms with E-state index in [0.717, 1.165) is 6.42 Å². The van der Waals surface area contributed by atoms with Crippen molar-refractivity contribution in [2.75, 3.05) is 13.2 Å². The van der Waals surface area contributed by atoms with Crippen LogP contribution in [0.2, 0.25) is 0 Å². The van der Waals surface area contributed by atoms with Gasteiger partial charge >= 0.3 is 5.97 Å². The summed E-state index contributed by atoms with van der Waals surface area (Å²) in [5.41, 5.74) is 5.00. The number of nitrogens with one attached hydrogen (secondary N) is 4. The number of hydrogen-bond donors (Lipinski definition) is 7. The Morgan fingerprint density at radius 3 is 2.23 bits per heavy atom. The van der Waals surface area contributed by atoms with Gasteiger partial charge in [-0.3, -0.25) is 19.2 Å². The molecule has 0 aliphatic carbocycles. The van der Waals surface area contributed by atoms with Crippen LogP contribution in [0.1, 0.15) is 46.0 Å². The van der Waals surface area contributed by atoms with E-state index < -0.39 is 54.5 Å². The lowest BCUT2D eigenvalue weighted by atomic mass is 9.97. The molecule has 1 aliphatic rings. The van der Waals surface area contributed by atoms with Crippen LogP contribution in [-0.4, -0.2) is 77.1 Å². The van der Waals surface area contributed by atoms with Crippen molar-refractivity contribution in [1.82, 2.24) is 21.3 Å². The molecule has 0 spiro atoms. The number of aliphatic hydroxyl groups is 1. The van der Waals surface area contributed by atoms with Gasteiger partial charge in [0, 0.05) is 6.42 Å². The Bertz CT molecular complexity index is 666. The Kier molecular flexibility index (Phi) is 10.9. The molecule has 0 aromatic heterocycles. The summed E-state index contributed by atoms with van der Waals surface area (Å²) in [6.07, 6.45) is 1.59. The Morgan fingerprint density at radius 2 is 1.74 bits per heavy atom. The number of carbonyl (C=O) groups excluding carboxylic acids is 4. The maximum atomic E-state index is 12.8. The summed E-state index contributed by atoms with van der Waals surface area (Å²) >= 11 is 0. The fraction of sp³-hybridized carbons (Fsp3) is 0.737. The smallest absolute Gasteiger partial charge is 0.326 e. The number of carboxylic acids is 1. The maximum absolute atomic E-state index is 12.8. The molecule has 12 heteroatoms. The first-order chi connectivity index (χ1) is 14.6. The number of carbonyl (C=O) groups is 5. The molecule has 8 N–H and O–H groups in total. The molecule has 0 radical (unpaired) electrons. The SMILES string of the molecule is CCC(C)C(NC(=O)C1CCCN1)C(=O)NC(CO)C(=O)NC(CCC(N)=O)C(=O)O. The highest BCUT2D eigenvalue weighted by Gasteiger charge is 2.33. The topological polar surface area (TPSA) is 200 Å². The summed E-state index contributed by atoms with van der Waals surface area (Å²) in [5.74, 6) is -4.28. The molecule has 31 heavy (non-hydrogen) atoms. The van der Waals surface area contributed by atoms with Gasteiger partial charge in [0.1, 0.15) is 18.1 Å². The van der Waals surface area contributed by atoms with E-state index in [1.54, 1.807) is 6.92 Å². The van der Waals surface area contributed by atoms with Crippen molar-refractivity contribution < 1.29 is 34.2 Å². The minimum absolute atomic E-state index is 0.234. The molecule has 1 saturated heterocycles. The Labute approximate surface area is 180 Å². The van der Waals surface area contributed by atoms with Gasteiger partial charge in [-0.05, 0) is 31.7 Å². The van der Waals surface area contributed by atoms with E-state index in [0.29, 0.717) is 19.4 Å². The Hall–Kier alpha value is -2.73. The second-order valence-electron chi connectivity index (χ2n) is 7.67. The van der Waals surface area contributed by atoms with Crippen molar-refractivity contribution >= 4 is 29.6 Å². The van der Waals surface area contributed by atoms with Crippen LogP contribution < -0.4 is 27.0 Å². The van der Waals surface area contributed by atoms with Crippen molar-refractivity contribution in [3.8, 4) is 0 Å². The number of carboxylic acid groups (broad SMARTS) is 1. The lowest BCUT2D eigenvalue weighted by molar-refractivity contribution is -0.143. The van der Waals surface area contributed by atoms with Gasteiger partial charge in [0.05, 0.1) is 12.6 Å². The normalized spacial score (nSPS) is 19.5. The third-order valence-electron chi connectivity index (χ3n) is 5.28. The molecule has 0 bridgehead atoms. The highest BCUT2D eigenvalue weighted by atomic mass is 16.4. The monoisotopic (exact) mass is 443 g/mol. The molecule has 12 nitrogen and oxygen atoms in total. The van der Waals surface area contributed by atoms with E-state index in [1.807, 2.05) is 6.92 Å². The maximum Gasteiger partial charge on any atom is 0.326 e. The number of aliphatic hydroxyl groups excluding tert-OH is 1. The van der Waals surface area contributed by atoms with Crippen molar-refractivity contribution in [2.45, 2.75) is 70.1 Å². The van der Waals surface area contributed by atoms with Gasteiger partial charge in [-0.25, -0.2) is 4.79 Å². The van der Waals surface area contributed by atoms with Crippen LogP contribution in [0.5, 0.6) is 0 Å². The van der Waals surface area contributed by atoms with Crippen LogP contribution in [0.4, 0.5) is 0 Å². The molecule has 176 valence electrons. The highest BCUT2D eigenvalue weighted by molar-refractivity contribution is 5.94. The zero-order valence-electron chi connectivity index (χ0n) is 17.8. The molecular formula is C19H33N5O7. The fourth-order valence-corrected chi connectivity index (χ4v) is 3.14. The number of amides is 4. The average Bonchev–Trinajstić information content (AvgIpc) is 3.26. The lowest BCUT2D eigenvalue weighted by Gasteiger charge is -2.27. The van der Waals surface area contributed by atoms with Gasteiger partial charge in [-0.2, -0.15) is 0 Å². The van der Waals surface area contributed by atoms with Crippen LogP contribution in [0.3, 0.4) is 0 Å². The van der Waals surface area contributed by atoms with Crippen molar-refractivity contribution in [3.05, 3.63) is 0 Å². The number of hydrogen-bond acceptors (Lipinski definition) is 7. The number of nitrogens with two attached hydrogens (primary N) is 1. The van der Waals surface area contributed by atoms with Crippen LogP contribution in [-0.2, 0) is 24.0 Å². The van der Waals surface area contributed by atoms with Crippen molar-refractivity contribution in [2.24, 2.45) is 11.7 Å². The standard InChI is InChI=1S/C19H33N5O7/c1-3-10(2)15(24-16(27)11-5-4-8-21-11)18(29)23-13(9-25)17(28)22-12(19(30)31)6-7-14(20)26/h10-13,15,21,25H,3-9H2,1-2H3,(H2,20,26)(H,22,28)(H,23,29)(H,24,27)(H,30,31). The average molecular weight is 444 g/mol. The molecule has 5 atom stereocenters. The molecular weight excluding hydrogens is 410 g/mol. The van der Waals surface area contributed by atoms with E-state index >= 15 is 0 Å². The second kappa shape index (κ2) is 12.8. The summed E-state index contributed by atoms with van der Waals surface area (Å²) in [7, 11) is 0. The van der Waals surface area contributed by atoms with E-state index in [4.69, 9.17) is 5.73 Å². The third kappa shape index (κ3) is 8.50. The molecule has 0 aromatic rings. The molecule has 4 amide bonds. The molecule has 0 aromatic carbocycles. The second-order valence-corrected chi connectivity index (χ2v) is 7.67. The third-order valence-corrected chi connectivity index (χ3v) is 5.28. The van der Waals surface area contributed by atoms with Crippen LogP contribution >= 0.6 is 0 Å². The quantitative estimate of drug-likeness (QED) is 0.163. The van der Waals surface area contributed by atoms with Gasteiger partial charge < -0.3 is 37.2 Å². The predicted molar refractivity (Wildman–Crippen MR) is 109 cm³/mol.